The molecule has 1 saturated carbocycles. The minimum atomic E-state index is 0.519. The molecule has 1 fully saturated rings. The van der Waals surface area contributed by atoms with E-state index in [4.69, 9.17) is 4.74 Å². The molecule has 1 aromatic rings. The van der Waals surface area contributed by atoms with Crippen LogP contribution >= 0.6 is 11.8 Å². The molecule has 0 saturated heterocycles. The number of rotatable bonds is 7. The lowest BCUT2D eigenvalue weighted by Crippen LogP contribution is -2.45. The SMILES string of the molecule is CCCOc1ccc(CNC(=NC)NC2CCCC(SC)C2)cn1. The molecule has 0 aromatic carbocycles. The molecule has 5 nitrogen and oxygen atoms in total. The predicted molar refractivity (Wildman–Crippen MR) is 103 cm³/mol. The molecule has 0 amide bonds. The number of nitrogens with one attached hydrogen (secondary N) is 2. The molecule has 24 heavy (non-hydrogen) atoms. The predicted octanol–water partition coefficient (Wildman–Crippen LogP) is 3.21. The maximum Gasteiger partial charge on any atom is 0.213 e. The van der Waals surface area contributed by atoms with Crippen LogP contribution in [0, 0.1) is 0 Å². The maximum absolute atomic E-state index is 5.51. The molecule has 2 atom stereocenters. The molecule has 2 unspecified atom stereocenters. The molecule has 1 aliphatic rings. The third kappa shape index (κ3) is 6.23. The Hall–Kier alpha value is -1.43. The molecule has 6 heteroatoms. The molecule has 1 aliphatic carbocycles. The Balaban J connectivity index is 1.78. The van der Waals surface area contributed by atoms with Crippen LogP contribution in [0.25, 0.3) is 0 Å². The summed E-state index contributed by atoms with van der Waals surface area (Å²) in [6.45, 7) is 3.50. The summed E-state index contributed by atoms with van der Waals surface area (Å²) in [5, 5.41) is 7.71. The molecule has 134 valence electrons. The van der Waals surface area contributed by atoms with Gasteiger partial charge in [-0.3, -0.25) is 4.99 Å². The van der Waals surface area contributed by atoms with E-state index in [9.17, 15) is 0 Å². The van der Waals surface area contributed by atoms with Crippen LogP contribution < -0.4 is 15.4 Å². The Morgan fingerprint density at radius 3 is 2.96 bits per heavy atom. The van der Waals surface area contributed by atoms with Crippen LogP contribution in [0.15, 0.2) is 23.3 Å². The van der Waals surface area contributed by atoms with Crippen molar-refractivity contribution < 1.29 is 4.74 Å². The van der Waals surface area contributed by atoms with Gasteiger partial charge in [-0.1, -0.05) is 19.4 Å². The zero-order valence-corrected chi connectivity index (χ0v) is 15.9. The fraction of sp³-hybridized carbons (Fsp3) is 0.667. The van der Waals surface area contributed by atoms with Gasteiger partial charge in [0.25, 0.3) is 0 Å². The molecule has 2 N–H and O–H groups in total. The van der Waals surface area contributed by atoms with Gasteiger partial charge in [-0.2, -0.15) is 11.8 Å². The highest BCUT2D eigenvalue weighted by Crippen LogP contribution is 2.26. The van der Waals surface area contributed by atoms with Gasteiger partial charge in [0.05, 0.1) is 6.61 Å². The van der Waals surface area contributed by atoms with E-state index in [1.807, 2.05) is 37.1 Å². The van der Waals surface area contributed by atoms with Crippen LogP contribution in [0.5, 0.6) is 5.88 Å². The van der Waals surface area contributed by atoms with Gasteiger partial charge in [0, 0.05) is 37.1 Å². The molecule has 0 spiro atoms. The van der Waals surface area contributed by atoms with E-state index in [-0.39, 0.29) is 0 Å². The molecule has 1 aromatic heterocycles. The first-order chi connectivity index (χ1) is 11.7. The number of pyridine rings is 1. The topological polar surface area (TPSA) is 58.5 Å². The third-order valence-corrected chi connectivity index (χ3v) is 5.33. The zero-order valence-electron chi connectivity index (χ0n) is 15.0. The van der Waals surface area contributed by atoms with E-state index in [0.717, 1.165) is 23.2 Å². The zero-order chi connectivity index (χ0) is 17.2. The van der Waals surface area contributed by atoms with Gasteiger partial charge >= 0.3 is 0 Å². The minimum absolute atomic E-state index is 0.519. The summed E-state index contributed by atoms with van der Waals surface area (Å²) in [7, 11) is 1.82. The first-order valence-corrected chi connectivity index (χ1v) is 10.1. The van der Waals surface area contributed by atoms with Crippen LogP contribution in [0.1, 0.15) is 44.6 Å². The summed E-state index contributed by atoms with van der Waals surface area (Å²) in [4.78, 5) is 8.68. The van der Waals surface area contributed by atoms with Crippen molar-refractivity contribution >= 4 is 17.7 Å². The fourth-order valence-corrected chi connectivity index (χ4v) is 3.70. The van der Waals surface area contributed by atoms with Crippen LogP contribution in [0.4, 0.5) is 0 Å². The number of ether oxygens (including phenoxy) is 1. The quantitative estimate of drug-likeness (QED) is 0.584. The largest absolute Gasteiger partial charge is 0.478 e. The Kier molecular flexibility index (Phi) is 8.22. The van der Waals surface area contributed by atoms with Gasteiger partial charge in [-0.05, 0) is 37.5 Å². The van der Waals surface area contributed by atoms with E-state index in [2.05, 4.69) is 33.8 Å². The molecule has 2 rings (SSSR count). The van der Waals surface area contributed by atoms with Gasteiger partial charge in [0.1, 0.15) is 0 Å². The highest BCUT2D eigenvalue weighted by atomic mass is 32.2. The molecule has 0 radical (unpaired) electrons. The van der Waals surface area contributed by atoms with Gasteiger partial charge in [-0.25, -0.2) is 4.98 Å². The number of aliphatic imine (C=N–C) groups is 1. The monoisotopic (exact) mass is 350 g/mol. The van der Waals surface area contributed by atoms with Crippen molar-refractivity contribution in [2.24, 2.45) is 4.99 Å². The Morgan fingerprint density at radius 2 is 2.29 bits per heavy atom. The van der Waals surface area contributed by atoms with Crippen molar-refractivity contribution in [2.75, 3.05) is 19.9 Å². The van der Waals surface area contributed by atoms with Gasteiger partial charge < -0.3 is 15.4 Å². The van der Waals surface area contributed by atoms with Crippen molar-refractivity contribution in [3.8, 4) is 5.88 Å². The second kappa shape index (κ2) is 10.4. The van der Waals surface area contributed by atoms with Crippen molar-refractivity contribution in [2.45, 2.75) is 56.9 Å². The van der Waals surface area contributed by atoms with E-state index in [1.54, 1.807) is 0 Å². The number of hydrogen-bond donors (Lipinski definition) is 2. The molecule has 0 aliphatic heterocycles. The van der Waals surface area contributed by atoms with Gasteiger partial charge in [-0.15, -0.1) is 0 Å². The lowest BCUT2D eigenvalue weighted by atomic mass is 9.95. The molecular formula is C18H30N4OS. The third-order valence-electron chi connectivity index (χ3n) is 4.24. The highest BCUT2D eigenvalue weighted by molar-refractivity contribution is 7.99. The smallest absolute Gasteiger partial charge is 0.213 e. The minimum Gasteiger partial charge on any atom is -0.478 e. The van der Waals surface area contributed by atoms with Gasteiger partial charge in [0.15, 0.2) is 5.96 Å². The number of nitrogens with zero attached hydrogens (tertiary/aromatic N) is 2. The van der Waals surface area contributed by atoms with Crippen molar-refractivity contribution in [3.05, 3.63) is 23.9 Å². The first-order valence-electron chi connectivity index (χ1n) is 8.82. The summed E-state index contributed by atoms with van der Waals surface area (Å²) in [6, 6.07) is 4.49. The lowest BCUT2D eigenvalue weighted by Gasteiger charge is -2.29. The van der Waals surface area contributed by atoms with Crippen molar-refractivity contribution in [1.82, 2.24) is 15.6 Å². The summed E-state index contributed by atoms with van der Waals surface area (Å²) < 4.78 is 5.51. The second-order valence-corrected chi connectivity index (χ2v) is 7.28. The molecule has 0 bridgehead atoms. The Bertz CT molecular complexity index is 506. The summed E-state index contributed by atoms with van der Waals surface area (Å²) >= 11 is 1.98. The normalized spacial score (nSPS) is 21.4. The van der Waals surface area contributed by atoms with Crippen LogP contribution in [-0.2, 0) is 6.54 Å². The average Bonchev–Trinajstić information content (AvgIpc) is 2.64. The molecular weight excluding hydrogens is 320 g/mol. The lowest BCUT2D eigenvalue weighted by molar-refractivity contribution is 0.305. The Morgan fingerprint density at radius 1 is 1.42 bits per heavy atom. The summed E-state index contributed by atoms with van der Waals surface area (Å²) in [6.07, 6.45) is 10.1. The van der Waals surface area contributed by atoms with Crippen molar-refractivity contribution in [1.29, 1.82) is 0 Å². The van der Waals surface area contributed by atoms with E-state index < -0.39 is 0 Å². The fourth-order valence-electron chi connectivity index (χ4n) is 2.87. The standard InChI is InChI=1S/C18H30N4OS/c1-4-10-23-17-9-8-14(12-20-17)13-21-18(19-2)22-15-6-5-7-16(11-15)24-3/h8-9,12,15-16H,4-7,10-11,13H2,1-3H3,(H2,19,21,22). The molecule has 1 heterocycles. The number of hydrogen-bond acceptors (Lipinski definition) is 4. The maximum atomic E-state index is 5.51. The number of guanidine groups is 1. The van der Waals surface area contributed by atoms with Crippen LogP contribution in [0.3, 0.4) is 0 Å². The van der Waals surface area contributed by atoms with Gasteiger partial charge in [0.2, 0.25) is 5.88 Å². The Labute approximate surface area is 150 Å². The number of aromatic nitrogens is 1. The highest BCUT2D eigenvalue weighted by Gasteiger charge is 2.21. The number of thioether (sulfide) groups is 1. The van der Waals surface area contributed by atoms with E-state index in [0.29, 0.717) is 25.1 Å². The van der Waals surface area contributed by atoms with E-state index in [1.165, 1.54) is 25.7 Å². The average molecular weight is 351 g/mol. The van der Waals surface area contributed by atoms with Crippen molar-refractivity contribution in [3.63, 3.8) is 0 Å². The summed E-state index contributed by atoms with van der Waals surface area (Å²) in [5.74, 6) is 1.56. The van der Waals surface area contributed by atoms with Crippen LogP contribution in [-0.4, -0.2) is 42.1 Å². The van der Waals surface area contributed by atoms with E-state index >= 15 is 0 Å². The second-order valence-electron chi connectivity index (χ2n) is 6.14. The first kappa shape index (κ1) is 18.9. The summed E-state index contributed by atoms with van der Waals surface area (Å²) in [5.41, 5.74) is 1.12. The van der Waals surface area contributed by atoms with Crippen LogP contribution in [0.2, 0.25) is 0 Å².